The van der Waals surface area contributed by atoms with Gasteiger partial charge in [-0.05, 0) is 30.5 Å². The molecule has 0 unspecified atom stereocenters. The predicted octanol–water partition coefficient (Wildman–Crippen LogP) is 5.58. The zero-order chi connectivity index (χ0) is 24.9. The number of imidazole rings is 1. The van der Waals surface area contributed by atoms with Crippen LogP contribution < -0.4 is 4.74 Å². The third-order valence-corrected chi connectivity index (χ3v) is 5.74. The fraction of sp³-hybridized carbons (Fsp3) is 0.308. The second kappa shape index (κ2) is 10.7. The molecule has 0 radical (unpaired) electrons. The molecule has 0 saturated heterocycles. The third kappa shape index (κ3) is 5.71. The molecule has 0 saturated carbocycles. The van der Waals surface area contributed by atoms with E-state index >= 15 is 0 Å². The zero-order valence-corrected chi connectivity index (χ0v) is 21.0. The van der Waals surface area contributed by atoms with Crippen molar-refractivity contribution in [2.45, 2.75) is 33.9 Å². The molecule has 3 aromatic heterocycles. The number of benzene rings is 1. The Bertz CT molecular complexity index is 1320. The van der Waals surface area contributed by atoms with E-state index in [9.17, 15) is 4.79 Å². The van der Waals surface area contributed by atoms with Crippen molar-refractivity contribution in [1.82, 2.24) is 24.4 Å². The molecular weight excluding hydrogens is 466 g/mol. The number of nitrogens with zero attached hydrogens (tertiary/aromatic N) is 5. The Balaban J connectivity index is 1.59. The number of carbonyl (C=O) groups is 1. The summed E-state index contributed by atoms with van der Waals surface area (Å²) in [7, 11) is 1.68. The van der Waals surface area contributed by atoms with Crippen molar-refractivity contribution in [2.75, 3.05) is 13.7 Å². The fourth-order valence-corrected chi connectivity index (χ4v) is 3.91. The van der Waals surface area contributed by atoms with Gasteiger partial charge in [0.1, 0.15) is 17.9 Å². The van der Waals surface area contributed by atoms with Crippen LogP contribution in [0.15, 0.2) is 55.4 Å². The largest absolute Gasteiger partial charge is 0.487 e. The van der Waals surface area contributed by atoms with Gasteiger partial charge in [0.15, 0.2) is 0 Å². The Morgan fingerprint density at radius 2 is 2.06 bits per heavy atom. The number of hydrogen-bond donors (Lipinski definition) is 0. The highest BCUT2D eigenvalue weighted by molar-refractivity contribution is 6.31. The molecule has 4 rings (SSSR count). The summed E-state index contributed by atoms with van der Waals surface area (Å²) in [5.74, 6) is 0.896. The Kier molecular flexibility index (Phi) is 7.51. The molecule has 0 aliphatic carbocycles. The molecule has 0 atom stereocenters. The molecule has 35 heavy (non-hydrogen) atoms. The van der Waals surface area contributed by atoms with Crippen molar-refractivity contribution in [3.05, 3.63) is 77.2 Å². The molecule has 4 aromatic rings. The first kappa shape index (κ1) is 24.5. The van der Waals surface area contributed by atoms with Crippen LogP contribution in [0, 0.1) is 12.8 Å². The van der Waals surface area contributed by atoms with E-state index in [2.05, 4.69) is 9.97 Å². The minimum Gasteiger partial charge on any atom is -0.487 e. The number of aromatic nitrogens is 4. The van der Waals surface area contributed by atoms with Crippen molar-refractivity contribution >= 4 is 28.6 Å². The van der Waals surface area contributed by atoms with Crippen molar-refractivity contribution in [3.63, 3.8) is 0 Å². The number of para-hydroxylation sites is 1. The predicted molar refractivity (Wildman–Crippen MR) is 135 cm³/mol. The van der Waals surface area contributed by atoms with E-state index in [4.69, 9.17) is 26.1 Å². The summed E-state index contributed by atoms with van der Waals surface area (Å²) in [5, 5.41) is 1.41. The monoisotopic (exact) mass is 493 g/mol. The maximum absolute atomic E-state index is 12.3. The van der Waals surface area contributed by atoms with E-state index in [0.717, 1.165) is 33.4 Å². The van der Waals surface area contributed by atoms with Gasteiger partial charge < -0.3 is 18.9 Å². The second-order valence-electron chi connectivity index (χ2n) is 8.78. The Morgan fingerprint density at radius 1 is 1.23 bits per heavy atom. The smallest absolute Gasteiger partial charge is 0.409 e. The standard InChI is InChI=1S/C26H28ClN5O3/c1-17(2)14-35-26(33)31(4)13-19-11-29-12-22(27)21(19)15-34-24-7-5-6-20-23(32-9-8-28-16-32)10-18(3)30-25(20)24/h5-12,16-17H,13-15H2,1-4H3. The van der Waals surface area contributed by atoms with E-state index in [1.807, 2.05) is 55.8 Å². The average Bonchev–Trinajstić information content (AvgIpc) is 3.36. The molecule has 3 heterocycles. The number of fused-ring (bicyclic) bond motifs is 1. The van der Waals surface area contributed by atoms with Gasteiger partial charge in [-0.15, -0.1) is 0 Å². The molecule has 9 heteroatoms. The van der Waals surface area contributed by atoms with Crippen molar-refractivity contribution in [1.29, 1.82) is 0 Å². The van der Waals surface area contributed by atoms with Gasteiger partial charge in [-0.3, -0.25) is 4.98 Å². The van der Waals surface area contributed by atoms with Crippen LogP contribution in [0.25, 0.3) is 16.6 Å². The molecule has 182 valence electrons. The highest BCUT2D eigenvalue weighted by Crippen LogP contribution is 2.31. The summed E-state index contributed by atoms with van der Waals surface area (Å²) in [6.45, 7) is 6.78. The zero-order valence-electron chi connectivity index (χ0n) is 20.2. The van der Waals surface area contributed by atoms with Crippen LogP contribution in [0.4, 0.5) is 4.79 Å². The summed E-state index contributed by atoms with van der Waals surface area (Å²) in [4.78, 5) is 26.9. The summed E-state index contributed by atoms with van der Waals surface area (Å²) in [5.41, 5.74) is 4.12. The number of amides is 1. The average molecular weight is 494 g/mol. The number of aryl methyl sites for hydroxylation is 1. The summed E-state index contributed by atoms with van der Waals surface area (Å²) >= 11 is 6.49. The van der Waals surface area contributed by atoms with Crippen LogP contribution in [0.5, 0.6) is 5.75 Å². The van der Waals surface area contributed by atoms with Crippen molar-refractivity contribution < 1.29 is 14.3 Å². The van der Waals surface area contributed by atoms with Crippen LogP contribution >= 0.6 is 11.6 Å². The topological polar surface area (TPSA) is 82.4 Å². The third-order valence-electron chi connectivity index (χ3n) is 5.42. The molecule has 0 spiro atoms. The quantitative estimate of drug-likeness (QED) is 0.318. The lowest BCUT2D eigenvalue weighted by Gasteiger charge is -2.20. The van der Waals surface area contributed by atoms with Crippen LogP contribution in [0.1, 0.15) is 30.7 Å². The van der Waals surface area contributed by atoms with Gasteiger partial charge in [0, 0.05) is 48.5 Å². The molecular formula is C26H28ClN5O3. The maximum Gasteiger partial charge on any atom is 0.409 e. The summed E-state index contributed by atoms with van der Waals surface area (Å²) in [6.07, 6.45) is 8.26. The van der Waals surface area contributed by atoms with Gasteiger partial charge in [0.25, 0.3) is 0 Å². The number of rotatable bonds is 8. The van der Waals surface area contributed by atoms with Crippen LogP contribution in [0.2, 0.25) is 5.02 Å². The molecule has 0 aliphatic rings. The lowest BCUT2D eigenvalue weighted by Crippen LogP contribution is -2.28. The van der Waals surface area contributed by atoms with Gasteiger partial charge in [-0.1, -0.05) is 37.6 Å². The number of hydrogen-bond acceptors (Lipinski definition) is 6. The second-order valence-corrected chi connectivity index (χ2v) is 9.19. The maximum atomic E-state index is 12.3. The van der Waals surface area contributed by atoms with Gasteiger partial charge in [-0.25, -0.2) is 14.8 Å². The Hall–Kier alpha value is -3.65. The molecule has 0 N–H and O–H groups in total. The number of pyridine rings is 2. The van der Waals surface area contributed by atoms with Gasteiger partial charge in [-0.2, -0.15) is 0 Å². The first-order valence-corrected chi connectivity index (χ1v) is 11.7. The van der Waals surface area contributed by atoms with E-state index < -0.39 is 6.09 Å². The van der Waals surface area contributed by atoms with E-state index in [-0.39, 0.29) is 12.5 Å². The molecule has 0 fully saturated rings. The van der Waals surface area contributed by atoms with Crippen LogP contribution in [-0.2, 0) is 17.9 Å². The first-order chi connectivity index (χ1) is 16.8. The van der Waals surface area contributed by atoms with Gasteiger partial charge in [0.2, 0.25) is 0 Å². The van der Waals surface area contributed by atoms with E-state index in [0.29, 0.717) is 23.9 Å². The van der Waals surface area contributed by atoms with E-state index in [1.165, 1.54) is 4.90 Å². The molecule has 1 aromatic carbocycles. The highest BCUT2D eigenvalue weighted by Gasteiger charge is 2.17. The minimum absolute atomic E-state index is 0.195. The SMILES string of the molecule is Cc1cc(-n2ccnc2)c2cccc(OCc3c(Cl)cncc3CN(C)C(=O)OCC(C)C)c2n1. The Morgan fingerprint density at radius 3 is 2.80 bits per heavy atom. The van der Waals surface area contributed by atoms with Crippen LogP contribution in [0.3, 0.4) is 0 Å². The van der Waals surface area contributed by atoms with Crippen molar-refractivity contribution in [2.24, 2.45) is 5.92 Å². The molecule has 0 aliphatic heterocycles. The van der Waals surface area contributed by atoms with E-state index in [1.54, 1.807) is 32.0 Å². The van der Waals surface area contributed by atoms with Crippen molar-refractivity contribution in [3.8, 4) is 11.4 Å². The minimum atomic E-state index is -0.397. The normalized spacial score (nSPS) is 11.1. The molecule has 1 amide bonds. The molecule has 0 bridgehead atoms. The fourth-order valence-electron chi connectivity index (χ4n) is 3.68. The lowest BCUT2D eigenvalue weighted by molar-refractivity contribution is 0.0978. The Labute approximate surface area is 209 Å². The first-order valence-electron chi connectivity index (χ1n) is 11.3. The van der Waals surface area contributed by atoms with Gasteiger partial charge >= 0.3 is 6.09 Å². The van der Waals surface area contributed by atoms with Gasteiger partial charge in [0.05, 0.1) is 30.2 Å². The number of ether oxygens (including phenoxy) is 2. The number of carbonyl (C=O) groups excluding carboxylic acids is 1. The van der Waals surface area contributed by atoms with Crippen LogP contribution in [-0.4, -0.2) is 44.2 Å². The summed E-state index contributed by atoms with van der Waals surface area (Å²) < 4.78 is 13.5. The molecule has 8 nitrogen and oxygen atoms in total. The summed E-state index contributed by atoms with van der Waals surface area (Å²) in [6, 6.07) is 7.84. The highest BCUT2D eigenvalue weighted by atomic mass is 35.5. The lowest BCUT2D eigenvalue weighted by atomic mass is 10.1. The number of halogens is 1.